The quantitative estimate of drug-likeness (QED) is 0.629. The van der Waals surface area contributed by atoms with E-state index in [0.29, 0.717) is 17.7 Å². The summed E-state index contributed by atoms with van der Waals surface area (Å²) < 4.78 is 1.48. The molecule has 0 saturated carbocycles. The van der Waals surface area contributed by atoms with Gasteiger partial charge < -0.3 is 10.2 Å². The van der Waals surface area contributed by atoms with Gasteiger partial charge in [-0.15, -0.1) is 11.8 Å². The van der Waals surface area contributed by atoms with E-state index < -0.39 is 5.69 Å². The Morgan fingerprint density at radius 3 is 2.65 bits per heavy atom. The predicted molar refractivity (Wildman–Crippen MR) is 66.3 cm³/mol. The molecule has 1 aromatic rings. The Kier molecular flexibility index (Phi) is 4.98. The van der Waals surface area contributed by atoms with Gasteiger partial charge in [-0.05, 0) is 6.92 Å². The van der Waals surface area contributed by atoms with Gasteiger partial charge in [0.25, 0.3) is 5.56 Å². The van der Waals surface area contributed by atoms with E-state index in [2.05, 4.69) is 4.98 Å². The van der Waals surface area contributed by atoms with Gasteiger partial charge in [-0.2, -0.15) is 0 Å². The molecule has 2 unspecified atom stereocenters. The van der Waals surface area contributed by atoms with Crippen molar-refractivity contribution in [2.45, 2.75) is 24.8 Å². The monoisotopic (exact) mass is 260 g/mol. The molecule has 96 valence electrons. The van der Waals surface area contributed by atoms with Crippen molar-refractivity contribution < 1.29 is 10.2 Å². The van der Waals surface area contributed by atoms with Crippen molar-refractivity contribution in [1.82, 2.24) is 9.55 Å². The fourth-order valence-corrected chi connectivity index (χ4v) is 2.84. The summed E-state index contributed by atoms with van der Waals surface area (Å²) in [4.78, 5) is 24.9. The number of H-pyrrole nitrogens is 1. The number of aromatic amines is 1. The van der Waals surface area contributed by atoms with Crippen molar-refractivity contribution in [1.29, 1.82) is 0 Å². The highest BCUT2D eigenvalue weighted by atomic mass is 32.2. The summed E-state index contributed by atoms with van der Waals surface area (Å²) >= 11 is 1.52. The second-order valence-electron chi connectivity index (χ2n) is 3.66. The third-order valence-corrected chi connectivity index (χ3v) is 3.79. The van der Waals surface area contributed by atoms with Crippen molar-refractivity contribution in [3.8, 4) is 0 Å². The molecule has 17 heavy (non-hydrogen) atoms. The van der Waals surface area contributed by atoms with Gasteiger partial charge in [0.05, 0.1) is 11.5 Å². The topological polar surface area (TPSA) is 95.3 Å². The third-order valence-electron chi connectivity index (χ3n) is 2.41. The lowest BCUT2D eigenvalue weighted by Gasteiger charge is -2.12. The number of rotatable bonds is 1. The Labute approximate surface area is 102 Å². The van der Waals surface area contributed by atoms with Crippen LogP contribution in [-0.2, 0) is 0 Å². The molecule has 6 nitrogen and oxygen atoms in total. The molecule has 0 radical (unpaired) electrons. The van der Waals surface area contributed by atoms with Gasteiger partial charge in [0, 0.05) is 31.0 Å². The zero-order valence-electron chi connectivity index (χ0n) is 9.71. The first-order chi connectivity index (χ1) is 8.08. The number of hydrogen-bond acceptors (Lipinski definition) is 5. The Balaban J connectivity index is 0.000000686. The number of aliphatic hydroxyl groups is 2. The molecule has 0 spiro atoms. The highest BCUT2D eigenvalue weighted by Crippen LogP contribution is 2.34. The lowest BCUT2D eigenvalue weighted by Crippen LogP contribution is -2.32. The maximum Gasteiger partial charge on any atom is 0.329 e. The first-order valence-electron chi connectivity index (χ1n) is 5.14. The third kappa shape index (κ3) is 3.21. The van der Waals surface area contributed by atoms with E-state index in [4.69, 9.17) is 5.11 Å². The Morgan fingerprint density at radius 2 is 2.12 bits per heavy atom. The SMILES string of the molecule is CO.Cc1cn(C2CC(O)CS2)c(=O)[nH]c1=O. The molecule has 0 bridgehead atoms. The summed E-state index contributed by atoms with van der Waals surface area (Å²) in [7, 11) is 1.00. The first kappa shape index (κ1) is 14.0. The van der Waals surface area contributed by atoms with E-state index in [0.717, 1.165) is 7.11 Å². The molecule has 2 atom stereocenters. The molecule has 1 fully saturated rings. The van der Waals surface area contributed by atoms with Crippen LogP contribution in [0.1, 0.15) is 17.4 Å². The number of aliphatic hydroxyl groups excluding tert-OH is 2. The number of aryl methyl sites for hydroxylation is 1. The zero-order chi connectivity index (χ0) is 13.0. The van der Waals surface area contributed by atoms with Crippen LogP contribution in [0.2, 0.25) is 0 Å². The van der Waals surface area contributed by atoms with Gasteiger partial charge in [-0.3, -0.25) is 14.3 Å². The minimum Gasteiger partial charge on any atom is -0.400 e. The summed E-state index contributed by atoms with van der Waals surface area (Å²) in [5, 5.41) is 16.3. The van der Waals surface area contributed by atoms with Gasteiger partial charge in [-0.1, -0.05) is 0 Å². The number of thioether (sulfide) groups is 1. The molecule has 7 heteroatoms. The lowest BCUT2D eigenvalue weighted by molar-refractivity contribution is 0.190. The molecule has 3 N–H and O–H groups in total. The van der Waals surface area contributed by atoms with E-state index >= 15 is 0 Å². The minimum atomic E-state index is -0.405. The van der Waals surface area contributed by atoms with Crippen LogP contribution in [-0.4, -0.2) is 38.7 Å². The van der Waals surface area contributed by atoms with Crippen LogP contribution in [0.3, 0.4) is 0 Å². The molecule has 0 aromatic carbocycles. The van der Waals surface area contributed by atoms with Gasteiger partial charge in [0.1, 0.15) is 0 Å². The molecule has 0 aliphatic carbocycles. The van der Waals surface area contributed by atoms with Crippen LogP contribution in [0.15, 0.2) is 15.8 Å². The van der Waals surface area contributed by atoms with Crippen molar-refractivity contribution in [3.63, 3.8) is 0 Å². The van der Waals surface area contributed by atoms with Crippen LogP contribution in [0.25, 0.3) is 0 Å². The summed E-state index contributed by atoms with van der Waals surface area (Å²) in [6, 6.07) is 0. The van der Waals surface area contributed by atoms with E-state index in [9.17, 15) is 14.7 Å². The van der Waals surface area contributed by atoms with Crippen molar-refractivity contribution in [3.05, 3.63) is 32.6 Å². The highest BCUT2D eigenvalue weighted by Gasteiger charge is 2.25. The first-order valence-corrected chi connectivity index (χ1v) is 6.19. The Hall–Kier alpha value is -1.05. The summed E-state index contributed by atoms with van der Waals surface area (Å²) in [5.74, 6) is 0.634. The summed E-state index contributed by atoms with van der Waals surface area (Å²) in [6.45, 7) is 1.66. The number of nitrogens with zero attached hydrogens (tertiary/aromatic N) is 1. The average Bonchev–Trinajstić information content (AvgIpc) is 2.73. The van der Waals surface area contributed by atoms with Crippen LogP contribution in [0.5, 0.6) is 0 Å². The normalized spacial score (nSPS) is 23.1. The second kappa shape index (κ2) is 6.04. The van der Waals surface area contributed by atoms with Crippen molar-refractivity contribution in [2.24, 2.45) is 0 Å². The average molecular weight is 260 g/mol. The lowest BCUT2D eigenvalue weighted by atomic mass is 10.3. The van der Waals surface area contributed by atoms with Crippen LogP contribution in [0.4, 0.5) is 0 Å². The minimum absolute atomic E-state index is 0.0666. The molecule has 1 aromatic heterocycles. The smallest absolute Gasteiger partial charge is 0.329 e. The molecular formula is C10H16N2O4S. The Morgan fingerprint density at radius 1 is 1.47 bits per heavy atom. The van der Waals surface area contributed by atoms with Crippen molar-refractivity contribution in [2.75, 3.05) is 12.9 Å². The molecule has 2 heterocycles. The van der Waals surface area contributed by atoms with Crippen LogP contribution in [0, 0.1) is 6.92 Å². The molecular weight excluding hydrogens is 244 g/mol. The largest absolute Gasteiger partial charge is 0.400 e. The number of nitrogens with one attached hydrogen (secondary N) is 1. The zero-order valence-corrected chi connectivity index (χ0v) is 10.5. The van der Waals surface area contributed by atoms with Gasteiger partial charge >= 0.3 is 5.69 Å². The fraction of sp³-hybridized carbons (Fsp3) is 0.600. The van der Waals surface area contributed by atoms with E-state index in [-0.39, 0.29) is 17.0 Å². The molecule has 1 aliphatic rings. The Bertz CT molecular complexity index is 482. The highest BCUT2D eigenvalue weighted by molar-refractivity contribution is 7.99. The van der Waals surface area contributed by atoms with E-state index in [1.807, 2.05) is 0 Å². The van der Waals surface area contributed by atoms with Crippen molar-refractivity contribution >= 4 is 11.8 Å². The molecule has 1 saturated heterocycles. The second-order valence-corrected chi connectivity index (χ2v) is 4.87. The number of hydrogen-bond donors (Lipinski definition) is 3. The van der Waals surface area contributed by atoms with E-state index in [1.165, 1.54) is 16.3 Å². The molecule has 0 amide bonds. The van der Waals surface area contributed by atoms with E-state index in [1.54, 1.807) is 13.1 Å². The predicted octanol–water partition coefficient (Wildman–Crippen LogP) is -0.550. The summed E-state index contributed by atoms with van der Waals surface area (Å²) in [6.07, 6.45) is 1.74. The van der Waals surface area contributed by atoms with Crippen LogP contribution >= 0.6 is 11.8 Å². The van der Waals surface area contributed by atoms with Gasteiger partial charge in [0.2, 0.25) is 0 Å². The maximum atomic E-state index is 11.5. The summed E-state index contributed by atoms with van der Waals surface area (Å²) in [5.41, 5.74) is -0.242. The maximum absolute atomic E-state index is 11.5. The number of aromatic nitrogens is 2. The fourth-order valence-electron chi connectivity index (χ4n) is 1.58. The standard InChI is InChI=1S/C9H12N2O3S.CH4O/c1-5-3-11(9(14)10-8(5)13)7-2-6(12)4-15-7;1-2/h3,6-7,12H,2,4H2,1H3,(H,10,13,14);2H,1H3. The van der Waals surface area contributed by atoms with Crippen LogP contribution < -0.4 is 11.2 Å². The van der Waals surface area contributed by atoms with Gasteiger partial charge in [0.15, 0.2) is 0 Å². The molecule has 2 rings (SSSR count). The molecule has 1 aliphatic heterocycles. The van der Waals surface area contributed by atoms with Gasteiger partial charge in [-0.25, -0.2) is 4.79 Å².